The highest BCUT2D eigenvalue weighted by atomic mass is 79.9. The molecule has 1 N–H and O–H groups in total. The fraction of sp³-hybridized carbons (Fsp3) is 0.750. The van der Waals surface area contributed by atoms with Crippen molar-refractivity contribution in [3.05, 3.63) is 23.8 Å². The Balaban J connectivity index is 1.66. The van der Waals surface area contributed by atoms with Gasteiger partial charge in [0.05, 0.1) is 23.6 Å². The van der Waals surface area contributed by atoms with Gasteiger partial charge in [-0.25, -0.2) is 4.39 Å². The van der Waals surface area contributed by atoms with Gasteiger partial charge in [-0.2, -0.15) is 0 Å². The molecule has 0 amide bonds. The Morgan fingerprint density at radius 3 is 2.62 bits per heavy atom. The number of carbonyl (C=O) groups is 1. The molecule has 176 valence electrons. The quantitative estimate of drug-likeness (QED) is 0.406. The molecular formula is C24H30BrFO5S. The van der Waals surface area contributed by atoms with E-state index in [0.717, 1.165) is 0 Å². The van der Waals surface area contributed by atoms with Crippen LogP contribution in [0.1, 0.15) is 47.0 Å². The highest BCUT2D eigenvalue weighted by Crippen LogP contribution is 2.73. The predicted octanol–water partition coefficient (Wildman–Crippen LogP) is 4.20. The Morgan fingerprint density at radius 2 is 1.97 bits per heavy atom. The summed E-state index contributed by atoms with van der Waals surface area (Å²) in [6.07, 6.45) is 3.40. The summed E-state index contributed by atoms with van der Waals surface area (Å²) < 4.78 is 33.3. The van der Waals surface area contributed by atoms with Crippen LogP contribution in [0.3, 0.4) is 0 Å². The molecule has 9 atom stereocenters. The molecule has 0 bridgehead atoms. The molecule has 0 aromatic carbocycles. The van der Waals surface area contributed by atoms with Gasteiger partial charge in [-0.3, -0.25) is 4.79 Å². The molecule has 0 radical (unpaired) electrons. The van der Waals surface area contributed by atoms with E-state index in [1.165, 1.54) is 19.3 Å². The molecule has 5 rings (SSSR count). The summed E-state index contributed by atoms with van der Waals surface area (Å²) >= 11 is 9.65. The smallest absolute Gasteiger partial charge is 0.195 e. The molecule has 0 spiro atoms. The predicted molar refractivity (Wildman–Crippen MR) is 124 cm³/mol. The highest BCUT2D eigenvalue weighted by molar-refractivity contribution is 9.10. The number of fused-ring (bicyclic) bond motifs is 7. The normalized spacial score (nSPS) is 53.1. The number of ether oxygens (including phenoxy) is 3. The molecule has 0 aromatic heterocycles. The van der Waals surface area contributed by atoms with E-state index in [1.807, 2.05) is 20.8 Å². The molecule has 3 saturated carbocycles. The third kappa shape index (κ3) is 2.48. The monoisotopic (exact) mass is 528 g/mol. The Morgan fingerprint density at radius 1 is 1.28 bits per heavy atom. The summed E-state index contributed by atoms with van der Waals surface area (Å²) in [5.74, 6) is -1.34. The van der Waals surface area contributed by atoms with E-state index in [4.69, 9.17) is 26.4 Å². The Hall–Kier alpha value is -0.670. The van der Waals surface area contributed by atoms with E-state index in [1.54, 1.807) is 6.08 Å². The average Bonchev–Trinajstić information content (AvgIpc) is 3.11. The number of thiocarbonyl (C=S) groups is 1. The van der Waals surface area contributed by atoms with Crippen molar-refractivity contribution >= 4 is 39.0 Å². The molecule has 5 aliphatic rings. The lowest BCUT2D eigenvalue weighted by atomic mass is 9.46. The number of rotatable bonds is 1. The van der Waals surface area contributed by atoms with Crippen LogP contribution in [0.15, 0.2) is 23.8 Å². The maximum absolute atomic E-state index is 15.7. The lowest BCUT2D eigenvalue weighted by Crippen LogP contribution is -2.70. The van der Waals surface area contributed by atoms with Gasteiger partial charge in [-0.1, -0.05) is 35.9 Å². The van der Waals surface area contributed by atoms with Crippen LogP contribution >= 0.6 is 28.1 Å². The summed E-state index contributed by atoms with van der Waals surface area (Å²) in [5.41, 5.74) is -2.03. The standard InChI is InChI=1S/C24H30BrFO5S/c1-20(2)30-18-10-13-14-9-16(26)15-8-12(27)6-7-21(15,3)23(14,25)17(28)11-22(13,4)24(18,31-20)19(32)29-5/h6-8,13-14,16-18,28H,9-11H2,1-5H3/t13-,14-,16-,17-,18+,21-,22-,23-,24-/m0/s1. The van der Waals surface area contributed by atoms with Crippen molar-refractivity contribution in [3.8, 4) is 0 Å². The molecule has 1 aliphatic heterocycles. The van der Waals surface area contributed by atoms with Gasteiger partial charge in [-0.05, 0) is 74.9 Å². The fourth-order valence-electron chi connectivity index (χ4n) is 7.80. The summed E-state index contributed by atoms with van der Waals surface area (Å²) in [7, 11) is 1.54. The van der Waals surface area contributed by atoms with Gasteiger partial charge < -0.3 is 19.3 Å². The maximum atomic E-state index is 15.7. The number of aliphatic hydroxyl groups excluding tert-OH is 1. The van der Waals surface area contributed by atoms with Crippen LogP contribution in [0, 0.1) is 22.7 Å². The SMILES string of the molecule is COC(=S)[C@@]12OC(C)(C)O[C@@H]1C[C@H]1[C@@H]3C[C@H](F)C4=CC(=O)C=C[C@]4(C)[C@@]3(Br)[C@@H](O)C[C@@]12C. The molecular weight excluding hydrogens is 499 g/mol. The first kappa shape index (κ1) is 23.1. The second-order valence-electron chi connectivity index (χ2n) is 10.9. The zero-order chi connectivity index (χ0) is 23.5. The lowest BCUT2D eigenvalue weighted by molar-refractivity contribution is -0.207. The topological polar surface area (TPSA) is 65.0 Å². The van der Waals surface area contributed by atoms with E-state index in [2.05, 4.69) is 22.9 Å². The molecule has 4 fully saturated rings. The van der Waals surface area contributed by atoms with E-state index in [0.29, 0.717) is 23.5 Å². The second kappa shape index (κ2) is 6.72. The van der Waals surface area contributed by atoms with Crippen LogP contribution in [0.25, 0.3) is 0 Å². The number of allylic oxidation sites excluding steroid dienone is 4. The van der Waals surface area contributed by atoms with Gasteiger partial charge in [0.15, 0.2) is 22.2 Å². The van der Waals surface area contributed by atoms with Crippen LogP contribution in [-0.2, 0) is 19.0 Å². The van der Waals surface area contributed by atoms with Crippen molar-refractivity contribution in [2.75, 3.05) is 7.11 Å². The van der Waals surface area contributed by atoms with Gasteiger partial charge >= 0.3 is 0 Å². The summed E-state index contributed by atoms with van der Waals surface area (Å²) in [6, 6.07) is 0. The minimum absolute atomic E-state index is 0.0397. The Kier molecular flexibility index (Phi) is 4.85. The first-order chi connectivity index (χ1) is 14.8. The average molecular weight is 529 g/mol. The molecule has 5 nitrogen and oxygen atoms in total. The summed E-state index contributed by atoms with van der Waals surface area (Å²) in [6.45, 7) is 7.71. The van der Waals surface area contributed by atoms with Crippen molar-refractivity contribution in [2.24, 2.45) is 22.7 Å². The van der Waals surface area contributed by atoms with Crippen molar-refractivity contribution in [2.45, 2.75) is 81.0 Å². The molecule has 32 heavy (non-hydrogen) atoms. The van der Waals surface area contributed by atoms with Crippen LogP contribution in [0.2, 0.25) is 0 Å². The van der Waals surface area contributed by atoms with Crippen LogP contribution < -0.4 is 0 Å². The van der Waals surface area contributed by atoms with E-state index in [9.17, 15) is 9.90 Å². The zero-order valence-electron chi connectivity index (χ0n) is 19.0. The molecule has 0 unspecified atom stereocenters. The van der Waals surface area contributed by atoms with Gasteiger partial charge in [-0.15, -0.1) is 0 Å². The molecule has 1 heterocycles. The maximum Gasteiger partial charge on any atom is 0.195 e. The third-order valence-electron chi connectivity index (χ3n) is 9.11. The van der Waals surface area contributed by atoms with Gasteiger partial charge in [0.25, 0.3) is 0 Å². The first-order valence-electron chi connectivity index (χ1n) is 11.2. The van der Waals surface area contributed by atoms with Crippen LogP contribution in [0.4, 0.5) is 4.39 Å². The highest BCUT2D eigenvalue weighted by Gasteiger charge is 2.79. The molecule has 0 aromatic rings. The Bertz CT molecular complexity index is 966. The minimum Gasteiger partial charge on any atom is -0.487 e. The number of carbonyl (C=O) groups excluding carboxylic acids is 1. The molecule has 1 saturated heterocycles. The van der Waals surface area contributed by atoms with Gasteiger partial charge in [0.2, 0.25) is 0 Å². The van der Waals surface area contributed by atoms with Gasteiger partial charge in [0, 0.05) is 10.8 Å². The van der Waals surface area contributed by atoms with Crippen molar-refractivity contribution in [3.63, 3.8) is 0 Å². The zero-order valence-corrected chi connectivity index (χ0v) is 21.4. The number of alkyl halides is 2. The van der Waals surface area contributed by atoms with Crippen LogP contribution in [0.5, 0.6) is 0 Å². The number of aliphatic hydroxyl groups is 1. The van der Waals surface area contributed by atoms with E-state index >= 15 is 4.39 Å². The number of ketones is 1. The minimum atomic E-state index is -1.27. The number of hydrogen-bond acceptors (Lipinski definition) is 6. The number of methoxy groups -OCH3 is 1. The number of halogens is 2. The van der Waals surface area contributed by atoms with Gasteiger partial charge in [0.1, 0.15) is 6.17 Å². The lowest BCUT2D eigenvalue weighted by Gasteiger charge is -2.64. The van der Waals surface area contributed by atoms with Crippen molar-refractivity contribution < 1.29 is 28.5 Å². The van der Waals surface area contributed by atoms with Crippen molar-refractivity contribution in [1.82, 2.24) is 0 Å². The van der Waals surface area contributed by atoms with E-state index in [-0.39, 0.29) is 30.1 Å². The first-order valence-corrected chi connectivity index (χ1v) is 12.4. The molecule has 4 aliphatic carbocycles. The third-order valence-corrected chi connectivity index (χ3v) is 11.5. The second-order valence-corrected chi connectivity index (χ2v) is 12.6. The summed E-state index contributed by atoms with van der Waals surface area (Å²) in [4.78, 5) is 12.1. The Labute approximate surface area is 201 Å². The van der Waals surface area contributed by atoms with E-state index < -0.39 is 38.8 Å². The largest absolute Gasteiger partial charge is 0.487 e. The fourth-order valence-corrected chi connectivity index (χ4v) is 9.24. The van der Waals surface area contributed by atoms with Crippen LogP contribution in [-0.4, -0.2) is 57.1 Å². The van der Waals surface area contributed by atoms with Crippen molar-refractivity contribution in [1.29, 1.82) is 0 Å². The molecule has 8 heteroatoms. The summed E-state index contributed by atoms with van der Waals surface area (Å²) in [5, 5.41) is 12.1. The number of hydrogen-bond donors (Lipinski definition) is 1.